The van der Waals surface area contributed by atoms with Gasteiger partial charge in [0, 0.05) is 51.1 Å². The zero-order chi connectivity index (χ0) is 17.5. The molecule has 25 heavy (non-hydrogen) atoms. The fraction of sp³-hybridized carbons (Fsp3) is 0.684. The summed E-state index contributed by atoms with van der Waals surface area (Å²) in [6, 6.07) is 1.89. The molecule has 1 N–H and O–H groups in total. The van der Waals surface area contributed by atoms with Crippen LogP contribution in [0.2, 0.25) is 0 Å². The van der Waals surface area contributed by atoms with Gasteiger partial charge in [-0.3, -0.25) is 14.5 Å². The lowest BCUT2D eigenvalue weighted by molar-refractivity contribution is -0.122. The molecule has 1 aliphatic carbocycles. The van der Waals surface area contributed by atoms with Gasteiger partial charge in [0.2, 0.25) is 5.91 Å². The van der Waals surface area contributed by atoms with Crippen LogP contribution in [0.1, 0.15) is 48.9 Å². The third-order valence-electron chi connectivity index (χ3n) is 5.38. The molecule has 1 saturated carbocycles. The van der Waals surface area contributed by atoms with Crippen molar-refractivity contribution in [1.29, 1.82) is 0 Å². The van der Waals surface area contributed by atoms with E-state index >= 15 is 0 Å². The molecule has 0 radical (unpaired) electrons. The predicted octanol–water partition coefficient (Wildman–Crippen LogP) is 2.59. The number of nitrogens with zero attached hydrogens (tertiary/aromatic N) is 2. The Labute approximate surface area is 154 Å². The van der Waals surface area contributed by atoms with Crippen LogP contribution >= 0.6 is 11.3 Å². The van der Waals surface area contributed by atoms with E-state index in [4.69, 9.17) is 0 Å². The Bertz CT molecular complexity index is 547. The smallest absolute Gasteiger partial charge is 0.254 e. The normalized spacial score (nSPS) is 19.8. The van der Waals surface area contributed by atoms with Gasteiger partial charge in [-0.2, -0.15) is 11.3 Å². The summed E-state index contributed by atoms with van der Waals surface area (Å²) >= 11 is 1.56. The van der Waals surface area contributed by atoms with Gasteiger partial charge in [0.05, 0.1) is 5.56 Å². The lowest BCUT2D eigenvalue weighted by atomic mass is 9.87. The molecular formula is C19H29N3O2S. The molecule has 0 aromatic carbocycles. The summed E-state index contributed by atoms with van der Waals surface area (Å²) < 4.78 is 0. The number of hydrogen-bond acceptors (Lipinski definition) is 4. The molecule has 0 atom stereocenters. The first kappa shape index (κ1) is 18.4. The minimum atomic E-state index is 0.140. The highest BCUT2D eigenvalue weighted by molar-refractivity contribution is 7.08. The minimum Gasteiger partial charge on any atom is -0.355 e. The highest BCUT2D eigenvalue weighted by Crippen LogP contribution is 2.25. The van der Waals surface area contributed by atoms with Crippen LogP contribution in [0.25, 0.3) is 0 Å². The Morgan fingerprint density at radius 1 is 1.12 bits per heavy atom. The molecule has 6 heteroatoms. The zero-order valence-electron chi connectivity index (χ0n) is 14.9. The topological polar surface area (TPSA) is 52.7 Å². The van der Waals surface area contributed by atoms with E-state index in [1.165, 1.54) is 32.1 Å². The third-order valence-corrected chi connectivity index (χ3v) is 6.06. The Morgan fingerprint density at radius 2 is 1.88 bits per heavy atom. The largest absolute Gasteiger partial charge is 0.355 e. The van der Waals surface area contributed by atoms with E-state index in [0.29, 0.717) is 18.9 Å². The maximum atomic E-state index is 12.3. The average molecular weight is 364 g/mol. The van der Waals surface area contributed by atoms with Crippen LogP contribution in [-0.2, 0) is 4.79 Å². The van der Waals surface area contributed by atoms with Gasteiger partial charge in [0.25, 0.3) is 5.91 Å². The van der Waals surface area contributed by atoms with Crippen LogP contribution in [0.4, 0.5) is 0 Å². The van der Waals surface area contributed by atoms with Crippen LogP contribution in [0, 0.1) is 5.92 Å². The number of piperazine rings is 1. The zero-order valence-corrected chi connectivity index (χ0v) is 15.7. The number of thiophene rings is 1. The van der Waals surface area contributed by atoms with Crippen molar-refractivity contribution < 1.29 is 9.59 Å². The molecule has 0 bridgehead atoms. The minimum absolute atomic E-state index is 0.140. The lowest BCUT2D eigenvalue weighted by Gasteiger charge is -2.34. The molecule has 5 nitrogen and oxygen atoms in total. The van der Waals surface area contributed by atoms with Crippen LogP contribution in [0.5, 0.6) is 0 Å². The quantitative estimate of drug-likeness (QED) is 0.845. The predicted molar refractivity (Wildman–Crippen MR) is 101 cm³/mol. The third kappa shape index (κ3) is 5.54. The Balaban J connectivity index is 1.30. The van der Waals surface area contributed by atoms with Crippen LogP contribution < -0.4 is 5.32 Å². The second kappa shape index (κ2) is 9.34. The summed E-state index contributed by atoms with van der Waals surface area (Å²) in [6.07, 6.45) is 7.03. The van der Waals surface area contributed by atoms with E-state index in [1.807, 2.05) is 21.7 Å². The van der Waals surface area contributed by atoms with Crippen molar-refractivity contribution >= 4 is 23.2 Å². The van der Waals surface area contributed by atoms with Crippen LogP contribution in [0.3, 0.4) is 0 Å². The van der Waals surface area contributed by atoms with Crippen molar-refractivity contribution in [3.63, 3.8) is 0 Å². The van der Waals surface area contributed by atoms with Crippen molar-refractivity contribution in [2.75, 3.05) is 39.3 Å². The van der Waals surface area contributed by atoms with Gasteiger partial charge in [0.15, 0.2) is 0 Å². The fourth-order valence-corrected chi connectivity index (χ4v) is 4.45. The van der Waals surface area contributed by atoms with Gasteiger partial charge in [-0.15, -0.1) is 0 Å². The van der Waals surface area contributed by atoms with Crippen molar-refractivity contribution in [1.82, 2.24) is 15.1 Å². The number of nitrogens with one attached hydrogen (secondary N) is 1. The van der Waals surface area contributed by atoms with Crippen molar-refractivity contribution in [3.05, 3.63) is 22.4 Å². The first-order valence-electron chi connectivity index (χ1n) is 9.53. The fourth-order valence-electron chi connectivity index (χ4n) is 3.82. The first-order chi connectivity index (χ1) is 12.2. The van der Waals surface area contributed by atoms with E-state index in [1.54, 1.807) is 11.3 Å². The van der Waals surface area contributed by atoms with Gasteiger partial charge in [-0.1, -0.05) is 19.3 Å². The Kier molecular flexibility index (Phi) is 6.87. The second-order valence-electron chi connectivity index (χ2n) is 7.20. The summed E-state index contributed by atoms with van der Waals surface area (Å²) in [5, 5.41) is 6.93. The average Bonchev–Trinajstić information content (AvgIpc) is 3.17. The number of amides is 2. The van der Waals surface area contributed by atoms with Crippen molar-refractivity contribution in [3.8, 4) is 0 Å². The summed E-state index contributed by atoms with van der Waals surface area (Å²) in [5.41, 5.74) is 0.799. The molecule has 1 saturated heterocycles. The molecule has 2 aliphatic rings. The highest BCUT2D eigenvalue weighted by atomic mass is 32.1. The first-order valence-corrected chi connectivity index (χ1v) is 10.5. The summed E-state index contributed by atoms with van der Waals surface area (Å²) in [7, 11) is 0. The van der Waals surface area contributed by atoms with Gasteiger partial charge in [-0.25, -0.2) is 0 Å². The van der Waals surface area contributed by atoms with Crippen LogP contribution in [-0.4, -0.2) is 60.9 Å². The Hall–Kier alpha value is -1.40. The SMILES string of the molecule is O=C(CC1CCCCC1)NCCN1CCN(C(=O)c2ccsc2)CC1. The number of carbonyl (C=O) groups is 2. The molecular weight excluding hydrogens is 334 g/mol. The second-order valence-corrected chi connectivity index (χ2v) is 7.98. The van der Waals surface area contributed by atoms with Gasteiger partial charge in [0.1, 0.15) is 0 Å². The summed E-state index contributed by atoms with van der Waals surface area (Å²) in [4.78, 5) is 28.6. The molecule has 2 amide bonds. The van der Waals surface area contributed by atoms with E-state index in [2.05, 4.69) is 10.2 Å². The summed E-state index contributed by atoms with van der Waals surface area (Å²) in [5.74, 6) is 0.945. The summed E-state index contributed by atoms with van der Waals surface area (Å²) in [6.45, 7) is 4.89. The standard InChI is InChI=1S/C19H29N3O2S/c23-18(14-16-4-2-1-3-5-16)20-7-8-21-9-11-22(12-10-21)19(24)17-6-13-25-15-17/h6,13,15-16H,1-5,7-12,14H2,(H,20,23). The maximum absolute atomic E-state index is 12.3. The Morgan fingerprint density at radius 3 is 2.56 bits per heavy atom. The van der Waals surface area contributed by atoms with E-state index in [0.717, 1.165) is 38.3 Å². The molecule has 1 aromatic heterocycles. The number of rotatable bonds is 6. The van der Waals surface area contributed by atoms with Crippen molar-refractivity contribution in [2.24, 2.45) is 5.92 Å². The van der Waals surface area contributed by atoms with Gasteiger partial charge in [-0.05, 0) is 30.2 Å². The molecule has 1 aromatic rings. The maximum Gasteiger partial charge on any atom is 0.254 e. The van der Waals surface area contributed by atoms with Gasteiger partial charge < -0.3 is 10.2 Å². The monoisotopic (exact) mass is 363 g/mol. The van der Waals surface area contributed by atoms with Gasteiger partial charge >= 0.3 is 0 Å². The number of hydrogen-bond donors (Lipinski definition) is 1. The lowest BCUT2D eigenvalue weighted by Crippen LogP contribution is -2.50. The molecule has 2 fully saturated rings. The van der Waals surface area contributed by atoms with Crippen LogP contribution in [0.15, 0.2) is 16.8 Å². The van der Waals surface area contributed by atoms with E-state index in [9.17, 15) is 9.59 Å². The number of carbonyl (C=O) groups excluding carboxylic acids is 2. The molecule has 0 unspecified atom stereocenters. The molecule has 138 valence electrons. The van der Waals surface area contributed by atoms with Crippen molar-refractivity contribution in [2.45, 2.75) is 38.5 Å². The molecule has 2 heterocycles. The van der Waals surface area contributed by atoms with E-state index < -0.39 is 0 Å². The molecule has 1 aliphatic heterocycles. The molecule has 0 spiro atoms. The highest BCUT2D eigenvalue weighted by Gasteiger charge is 2.22. The molecule has 3 rings (SSSR count). The van der Waals surface area contributed by atoms with E-state index in [-0.39, 0.29) is 11.8 Å².